The minimum atomic E-state index is 0.505. The summed E-state index contributed by atoms with van der Waals surface area (Å²) >= 11 is 0. The van der Waals surface area contributed by atoms with Crippen LogP contribution in [-0.4, -0.2) is 6.54 Å². The molecule has 1 aromatic heterocycles. The van der Waals surface area contributed by atoms with E-state index < -0.39 is 0 Å². The number of rotatable bonds is 1. The second-order valence-electron chi connectivity index (χ2n) is 4.86. The van der Waals surface area contributed by atoms with E-state index in [1.54, 1.807) is 6.26 Å². The Bertz CT molecular complexity index is 480. The van der Waals surface area contributed by atoms with E-state index in [1.165, 1.54) is 23.8 Å². The molecule has 3 rings (SSSR count). The molecule has 2 atom stereocenters. The first-order valence-electron chi connectivity index (χ1n) is 6.03. The van der Waals surface area contributed by atoms with Crippen LogP contribution in [-0.2, 0) is 0 Å². The number of nitrogens with one attached hydrogen (secondary N) is 1. The van der Waals surface area contributed by atoms with Crippen molar-refractivity contribution in [2.24, 2.45) is 5.92 Å². The van der Waals surface area contributed by atoms with Crippen LogP contribution in [0.25, 0.3) is 11.0 Å². The first kappa shape index (κ1) is 9.91. The van der Waals surface area contributed by atoms with E-state index in [2.05, 4.69) is 30.4 Å². The van der Waals surface area contributed by atoms with Crippen LogP contribution in [0.4, 0.5) is 0 Å². The molecule has 1 saturated heterocycles. The van der Waals surface area contributed by atoms with E-state index in [0.29, 0.717) is 6.04 Å². The second kappa shape index (κ2) is 3.95. The lowest BCUT2D eigenvalue weighted by atomic mass is 9.92. The molecule has 0 aliphatic carbocycles. The molecule has 0 spiro atoms. The van der Waals surface area contributed by atoms with Gasteiger partial charge in [0.25, 0.3) is 0 Å². The Labute approximate surface area is 95.6 Å². The molecule has 0 unspecified atom stereocenters. The zero-order valence-electron chi connectivity index (χ0n) is 9.57. The topological polar surface area (TPSA) is 25.2 Å². The van der Waals surface area contributed by atoms with E-state index >= 15 is 0 Å². The molecule has 2 heterocycles. The Morgan fingerprint density at radius 1 is 1.25 bits per heavy atom. The summed E-state index contributed by atoms with van der Waals surface area (Å²) in [6.07, 6.45) is 4.30. The van der Waals surface area contributed by atoms with Crippen molar-refractivity contribution in [1.82, 2.24) is 5.32 Å². The molecule has 1 fully saturated rings. The molecular weight excluding hydrogens is 198 g/mol. The van der Waals surface area contributed by atoms with Crippen LogP contribution >= 0.6 is 0 Å². The molecular formula is C14H17NO. The third-order valence-corrected chi connectivity index (χ3v) is 3.54. The summed E-state index contributed by atoms with van der Waals surface area (Å²) in [6.45, 7) is 3.43. The molecule has 1 aliphatic heterocycles. The van der Waals surface area contributed by atoms with Crippen LogP contribution in [0.15, 0.2) is 34.9 Å². The number of benzene rings is 1. The Morgan fingerprint density at radius 3 is 3.00 bits per heavy atom. The summed E-state index contributed by atoms with van der Waals surface area (Å²) in [5, 5.41) is 4.79. The number of hydrogen-bond donors (Lipinski definition) is 1. The summed E-state index contributed by atoms with van der Waals surface area (Å²) in [6, 6.07) is 9.04. The van der Waals surface area contributed by atoms with Crippen LogP contribution in [0.1, 0.15) is 31.4 Å². The highest BCUT2D eigenvalue weighted by Gasteiger charge is 2.19. The SMILES string of the molecule is C[C@H]1CC[C@H](c2ccc3ccoc3c2)NC1. The smallest absolute Gasteiger partial charge is 0.134 e. The fraction of sp³-hybridized carbons (Fsp3) is 0.429. The predicted molar refractivity (Wildman–Crippen MR) is 65.4 cm³/mol. The molecule has 84 valence electrons. The zero-order valence-corrected chi connectivity index (χ0v) is 9.57. The van der Waals surface area contributed by atoms with Gasteiger partial charge < -0.3 is 9.73 Å². The summed E-state index contributed by atoms with van der Waals surface area (Å²) in [5.74, 6) is 0.809. The van der Waals surface area contributed by atoms with Crippen LogP contribution in [0.2, 0.25) is 0 Å². The number of piperidine rings is 1. The van der Waals surface area contributed by atoms with Crippen molar-refractivity contribution in [3.8, 4) is 0 Å². The van der Waals surface area contributed by atoms with Gasteiger partial charge in [0.2, 0.25) is 0 Å². The largest absolute Gasteiger partial charge is 0.464 e. The molecule has 2 heteroatoms. The van der Waals surface area contributed by atoms with E-state index in [0.717, 1.165) is 18.0 Å². The van der Waals surface area contributed by atoms with Crippen LogP contribution < -0.4 is 5.32 Å². The maximum absolute atomic E-state index is 5.44. The lowest BCUT2D eigenvalue weighted by Crippen LogP contribution is -2.31. The van der Waals surface area contributed by atoms with Gasteiger partial charge in [0.05, 0.1) is 6.26 Å². The molecule has 2 nitrogen and oxygen atoms in total. The minimum absolute atomic E-state index is 0.505. The molecule has 1 aromatic carbocycles. The standard InChI is InChI=1S/C14H17NO/c1-10-2-5-13(15-9-10)12-4-3-11-6-7-16-14(11)8-12/h3-4,6-8,10,13,15H,2,5,9H2,1H3/t10-,13+/m0/s1. The second-order valence-corrected chi connectivity index (χ2v) is 4.86. The number of fused-ring (bicyclic) bond motifs is 1. The van der Waals surface area contributed by atoms with Gasteiger partial charge in [-0.25, -0.2) is 0 Å². The van der Waals surface area contributed by atoms with Gasteiger partial charge in [-0.05, 0) is 43.0 Å². The number of furan rings is 1. The van der Waals surface area contributed by atoms with Gasteiger partial charge in [-0.15, -0.1) is 0 Å². The van der Waals surface area contributed by atoms with E-state index in [-0.39, 0.29) is 0 Å². The highest BCUT2D eigenvalue weighted by atomic mass is 16.3. The Balaban J connectivity index is 1.87. The average molecular weight is 215 g/mol. The third kappa shape index (κ3) is 1.74. The molecule has 0 saturated carbocycles. The third-order valence-electron chi connectivity index (χ3n) is 3.54. The number of hydrogen-bond acceptors (Lipinski definition) is 2. The van der Waals surface area contributed by atoms with E-state index in [4.69, 9.17) is 4.42 Å². The van der Waals surface area contributed by atoms with Gasteiger partial charge in [-0.1, -0.05) is 19.1 Å². The van der Waals surface area contributed by atoms with E-state index in [9.17, 15) is 0 Å². The molecule has 16 heavy (non-hydrogen) atoms. The van der Waals surface area contributed by atoms with Crippen molar-refractivity contribution in [3.05, 3.63) is 36.1 Å². The average Bonchev–Trinajstić information content (AvgIpc) is 2.77. The zero-order chi connectivity index (χ0) is 11.0. The molecule has 2 aromatic rings. The minimum Gasteiger partial charge on any atom is -0.464 e. The van der Waals surface area contributed by atoms with E-state index in [1.807, 2.05) is 6.07 Å². The quantitative estimate of drug-likeness (QED) is 0.787. The van der Waals surface area contributed by atoms with Crippen molar-refractivity contribution >= 4 is 11.0 Å². The fourth-order valence-electron chi connectivity index (χ4n) is 2.47. The molecule has 0 amide bonds. The van der Waals surface area contributed by atoms with Gasteiger partial charge >= 0.3 is 0 Å². The van der Waals surface area contributed by atoms with Gasteiger partial charge in [0, 0.05) is 11.4 Å². The summed E-state index contributed by atoms with van der Waals surface area (Å²) in [5.41, 5.74) is 2.35. The summed E-state index contributed by atoms with van der Waals surface area (Å²) < 4.78 is 5.44. The molecule has 1 aliphatic rings. The highest BCUT2D eigenvalue weighted by Crippen LogP contribution is 2.28. The van der Waals surface area contributed by atoms with Crippen molar-refractivity contribution in [2.45, 2.75) is 25.8 Å². The molecule has 0 radical (unpaired) electrons. The van der Waals surface area contributed by atoms with Crippen molar-refractivity contribution in [3.63, 3.8) is 0 Å². The monoisotopic (exact) mass is 215 g/mol. The normalized spacial score (nSPS) is 26.1. The van der Waals surface area contributed by atoms with Gasteiger partial charge in [-0.3, -0.25) is 0 Å². The first-order valence-corrected chi connectivity index (χ1v) is 6.03. The predicted octanol–water partition coefficient (Wildman–Crippen LogP) is 3.49. The van der Waals surface area contributed by atoms with Crippen LogP contribution in [0, 0.1) is 5.92 Å². The Hall–Kier alpha value is -1.28. The maximum atomic E-state index is 5.44. The van der Waals surface area contributed by atoms with Crippen LogP contribution in [0.5, 0.6) is 0 Å². The summed E-state index contributed by atoms with van der Waals surface area (Å²) in [4.78, 5) is 0. The molecule has 1 N–H and O–H groups in total. The van der Waals surface area contributed by atoms with Crippen molar-refractivity contribution in [2.75, 3.05) is 6.54 Å². The van der Waals surface area contributed by atoms with Gasteiger partial charge in [-0.2, -0.15) is 0 Å². The van der Waals surface area contributed by atoms with Gasteiger partial charge in [0.15, 0.2) is 0 Å². The first-order chi connectivity index (χ1) is 7.83. The highest BCUT2D eigenvalue weighted by molar-refractivity contribution is 5.77. The maximum Gasteiger partial charge on any atom is 0.134 e. The summed E-state index contributed by atoms with van der Waals surface area (Å²) in [7, 11) is 0. The van der Waals surface area contributed by atoms with Crippen molar-refractivity contribution < 1.29 is 4.42 Å². The van der Waals surface area contributed by atoms with Gasteiger partial charge in [0.1, 0.15) is 5.58 Å². The lowest BCUT2D eigenvalue weighted by molar-refractivity contribution is 0.333. The van der Waals surface area contributed by atoms with Crippen molar-refractivity contribution in [1.29, 1.82) is 0 Å². The van der Waals surface area contributed by atoms with Crippen LogP contribution in [0.3, 0.4) is 0 Å². The lowest BCUT2D eigenvalue weighted by Gasteiger charge is -2.28. The Morgan fingerprint density at radius 2 is 2.19 bits per heavy atom. The fourth-order valence-corrected chi connectivity index (χ4v) is 2.47. The Kier molecular flexibility index (Phi) is 2.44. The molecule has 0 bridgehead atoms.